The summed E-state index contributed by atoms with van der Waals surface area (Å²) in [5.41, 5.74) is -4.47. The highest BCUT2D eigenvalue weighted by atomic mass is 16.7. The summed E-state index contributed by atoms with van der Waals surface area (Å²) in [5.74, 6) is -1.08. The molecule has 434 valence electrons. The van der Waals surface area contributed by atoms with Crippen LogP contribution >= 0.6 is 0 Å². The minimum atomic E-state index is -1.41. The maximum atomic E-state index is 13.7. The van der Waals surface area contributed by atoms with Crippen LogP contribution in [-0.4, -0.2) is 179 Å². The molecule has 0 aromatic heterocycles. The summed E-state index contributed by atoms with van der Waals surface area (Å²) < 4.78 is 36.5. The summed E-state index contributed by atoms with van der Waals surface area (Å²) in [6.07, 6.45) is -7.87. The molecule has 20 nitrogen and oxygen atoms in total. The highest BCUT2D eigenvalue weighted by Gasteiger charge is 2.48. The van der Waals surface area contributed by atoms with E-state index in [-0.39, 0.29) is 41.8 Å². The number of aliphatic hydroxyl groups is 6. The molecule has 10 N–H and O–H groups in total. The van der Waals surface area contributed by atoms with Crippen LogP contribution in [0, 0.1) is 38.4 Å². The van der Waals surface area contributed by atoms with Crippen LogP contribution in [0.2, 0.25) is 0 Å². The van der Waals surface area contributed by atoms with E-state index in [1.807, 2.05) is 90.0 Å². The monoisotopic (exact) mass is 1060 g/mol. The second-order valence-electron chi connectivity index (χ2n) is 27.2. The fourth-order valence-electron chi connectivity index (χ4n) is 11.0. The summed E-state index contributed by atoms with van der Waals surface area (Å²) in [5, 5.41) is 72.9. The van der Waals surface area contributed by atoms with Gasteiger partial charge < -0.3 is 80.3 Å². The molecule has 74 heavy (non-hydrogen) atoms. The molecule has 0 radical (unpaired) electrons. The summed E-state index contributed by atoms with van der Waals surface area (Å²) in [4.78, 5) is 51.2. The van der Waals surface area contributed by atoms with Crippen molar-refractivity contribution < 1.29 is 78.2 Å². The number of hydrogen-bond acceptors (Lipinski definition) is 16. The molecule has 2 aliphatic rings. The number of aliphatic hydroxyl groups excluding tert-OH is 6. The van der Waals surface area contributed by atoms with E-state index < -0.39 is 119 Å². The Morgan fingerprint density at radius 3 is 1.09 bits per heavy atom. The molecule has 0 bridgehead atoms. The van der Waals surface area contributed by atoms with Crippen LogP contribution in [0.3, 0.4) is 0 Å². The number of hydrogen-bond donors (Lipinski definition) is 10. The standard InChI is InChI=1S/C54H102N4O16/c1-32(22-71-53(16,17)26-51(12,13)45(67)55-28-47(4,5)24-49(8,9)30-69-43-37(57-33(2)61)41(65)39(63)35(20-59)73-43)23-72-54(18,19)27-52(14,15)46(68)56-29-48(6,7)25-50(10,11)31-70-44-38(58-34(3)62)42(66)40(64)36(21-60)74-44/h32,35-44,59-60,63-66H,20-31H2,1-19H3,(H,55,67)(H,56,68)(H,57,61)(H,58,62). The Bertz CT molecular complexity index is 1680. The Kier molecular flexibility index (Phi) is 24.5. The minimum absolute atomic E-state index is 0.00569. The predicted molar refractivity (Wildman–Crippen MR) is 279 cm³/mol. The number of rotatable bonds is 30. The van der Waals surface area contributed by atoms with E-state index in [0.717, 1.165) is 0 Å². The molecular weight excluding hydrogens is 961 g/mol. The zero-order chi connectivity index (χ0) is 57.2. The van der Waals surface area contributed by atoms with E-state index in [1.54, 1.807) is 0 Å². The molecule has 0 spiro atoms. The van der Waals surface area contributed by atoms with Crippen molar-refractivity contribution in [2.45, 2.75) is 230 Å². The maximum absolute atomic E-state index is 13.7. The highest BCUT2D eigenvalue weighted by molar-refractivity contribution is 5.82. The number of carbonyl (C=O) groups is 4. The third kappa shape index (κ3) is 22.0. The van der Waals surface area contributed by atoms with Crippen molar-refractivity contribution in [1.82, 2.24) is 21.3 Å². The first-order valence-electron chi connectivity index (χ1n) is 26.4. The van der Waals surface area contributed by atoms with Crippen LogP contribution in [0.1, 0.15) is 157 Å². The van der Waals surface area contributed by atoms with Gasteiger partial charge in [0, 0.05) is 43.7 Å². The SMILES string of the molecule is CC(=O)NC1C(OCC(C)(C)CC(C)(C)CNC(=O)C(C)(C)CC(C)(C)OCC(C)COC(C)(C)CC(C)(C)C(=O)NCC(C)(C)CC(C)(C)COC2OC(CO)C(O)C(O)C2NC(C)=O)OC(CO)C(O)C1O. The van der Waals surface area contributed by atoms with Crippen LogP contribution in [0.15, 0.2) is 0 Å². The van der Waals surface area contributed by atoms with Crippen molar-refractivity contribution in [2.75, 3.05) is 52.7 Å². The molecule has 2 fully saturated rings. The molecule has 0 aromatic carbocycles. The lowest BCUT2D eigenvalue weighted by Gasteiger charge is -2.43. The van der Waals surface area contributed by atoms with Crippen molar-refractivity contribution >= 4 is 23.6 Å². The highest BCUT2D eigenvalue weighted by Crippen LogP contribution is 2.38. The van der Waals surface area contributed by atoms with Crippen molar-refractivity contribution in [3.8, 4) is 0 Å². The maximum Gasteiger partial charge on any atom is 0.225 e. The van der Waals surface area contributed by atoms with Crippen LogP contribution in [0.5, 0.6) is 0 Å². The van der Waals surface area contributed by atoms with Gasteiger partial charge in [-0.15, -0.1) is 0 Å². The van der Waals surface area contributed by atoms with Gasteiger partial charge in [-0.25, -0.2) is 0 Å². The van der Waals surface area contributed by atoms with E-state index >= 15 is 0 Å². The van der Waals surface area contributed by atoms with Gasteiger partial charge in [-0.1, -0.05) is 90.0 Å². The van der Waals surface area contributed by atoms with Crippen LogP contribution in [-0.2, 0) is 47.6 Å². The molecule has 10 unspecified atom stereocenters. The molecule has 2 aliphatic heterocycles. The predicted octanol–water partition coefficient (Wildman–Crippen LogP) is 3.08. The van der Waals surface area contributed by atoms with E-state index in [1.165, 1.54) is 13.8 Å². The Hall–Kier alpha value is -2.60. The van der Waals surface area contributed by atoms with Gasteiger partial charge in [0.1, 0.15) is 48.7 Å². The molecule has 2 rings (SSSR count). The summed E-state index contributed by atoms with van der Waals surface area (Å²) >= 11 is 0. The van der Waals surface area contributed by atoms with Gasteiger partial charge in [0.05, 0.1) is 50.8 Å². The summed E-state index contributed by atoms with van der Waals surface area (Å²) in [6, 6.07) is -2.08. The second kappa shape index (κ2) is 26.8. The van der Waals surface area contributed by atoms with Crippen molar-refractivity contribution in [3.05, 3.63) is 0 Å². The fraction of sp³-hybridized carbons (Fsp3) is 0.926. The van der Waals surface area contributed by atoms with Gasteiger partial charge in [0.15, 0.2) is 12.6 Å². The lowest BCUT2D eigenvalue weighted by molar-refractivity contribution is -0.276. The molecule has 4 amide bonds. The Balaban J connectivity index is 1.87. The fourth-order valence-corrected chi connectivity index (χ4v) is 11.0. The van der Waals surface area contributed by atoms with Gasteiger partial charge in [0.25, 0.3) is 0 Å². The van der Waals surface area contributed by atoms with Crippen LogP contribution < -0.4 is 21.3 Å². The van der Waals surface area contributed by atoms with E-state index in [4.69, 9.17) is 28.4 Å². The first-order chi connectivity index (χ1) is 33.5. The van der Waals surface area contributed by atoms with Crippen LogP contribution in [0.25, 0.3) is 0 Å². The van der Waals surface area contributed by atoms with E-state index in [0.29, 0.717) is 52.0 Å². The molecule has 2 saturated heterocycles. The van der Waals surface area contributed by atoms with Gasteiger partial charge in [-0.05, 0) is 75.0 Å². The largest absolute Gasteiger partial charge is 0.394 e. The normalized spacial score (nSPS) is 26.3. The summed E-state index contributed by atoms with van der Waals surface area (Å²) in [7, 11) is 0. The molecular formula is C54H102N4O16. The molecule has 0 aliphatic carbocycles. The smallest absolute Gasteiger partial charge is 0.225 e. The number of nitrogens with one attached hydrogen (secondary N) is 4. The molecule has 20 heteroatoms. The molecule has 0 saturated carbocycles. The average molecular weight is 1060 g/mol. The topological polar surface area (TPSA) is 293 Å². The Morgan fingerprint density at radius 2 is 0.811 bits per heavy atom. The molecule has 2 heterocycles. The van der Waals surface area contributed by atoms with E-state index in [2.05, 4.69) is 49.0 Å². The third-order valence-corrected chi connectivity index (χ3v) is 13.6. The van der Waals surface area contributed by atoms with Crippen LogP contribution in [0.4, 0.5) is 0 Å². The lowest BCUT2D eigenvalue weighted by Crippen LogP contribution is -2.64. The zero-order valence-corrected chi connectivity index (χ0v) is 48.6. The first kappa shape index (κ1) is 67.5. The minimum Gasteiger partial charge on any atom is -0.394 e. The zero-order valence-electron chi connectivity index (χ0n) is 48.6. The Labute approximate surface area is 442 Å². The number of ether oxygens (including phenoxy) is 6. The van der Waals surface area contributed by atoms with Gasteiger partial charge >= 0.3 is 0 Å². The van der Waals surface area contributed by atoms with Gasteiger partial charge in [-0.3, -0.25) is 19.2 Å². The summed E-state index contributed by atoms with van der Waals surface area (Å²) in [6.45, 7) is 37.2. The van der Waals surface area contributed by atoms with Gasteiger partial charge in [-0.2, -0.15) is 0 Å². The lowest BCUT2D eigenvalue weighted by atomic mass is 9.75. The Morgan fingerprint density at radius 1 is 0.500 bits per heavy atom. The second-order valence-corrected chi connectivity index (χ2v) is 27.2. The quantitative estimate of drug-likeness (QED) is 0.0495. The van der Waals surface area contributed by atoms with E-state index in [9.17, 15) is 49.8 Å². The third-order valence-electron chi connectivity index (χ3n) is 13.6. The van der Waals surface area contributed by atoms with Crippen molar-refractivity contribution in [3.63, 3.8) is 0 Å². The van der Waals surface area contributed by atoms with Crippen molar-refractivity contribution in [1.29, 1.82) is 0 Å². The molecule has 0 aromatic rings. The number of carbonyl (C=O) groups excluding carboxylic acids is 4. The first-order valence-corrected chi connectivity index (χ1v) is 26.4. The molecule has 10 atom stereocenters. The van der Waals surface area contributed by atoms with Crippen molar-refractivity contribution in [2.24, 2.45) is 38.4 Å². The average Bonchev–Trinajstić information content (AvgIpc) is 3.24. The number of amides is 4. The van der Waals surface area contributed by atoms with Gasteiger partial charge in [0.2, 0.25) is 23.6 Å².